The molecule has 0 unspecified atom stereocenters. The molecule has 3 aromatic carbocycles. The average molecular weight is 457 g/mol. The van der Waals surface area contributed by atoms with Crippen molar-refractivity contribution in [3.63, 3.8) is 0 Å². The summed E-state index contributed by atoms with van der Waals surface area (Å²) in [5, 5.41) is 10.5. The van der Waals surface area contributed by atoms with Crippen LogP contribution in [0.15, 0.2) is 88.5 Å². The van der Waals surface area contributed by atoms with Crippen LogP contribution < -0.4 is 0 Å². The molecule has 27 heavy (non-hydrogen) atoms. The van der Waals surface area contributed by atoms with E-state index in [2.05, 4.69) is 42.8 Å². The van der Waals surface area contributed by atoms with Gasteiger partial charge in [0, 0.05) is 26.5 Å². The first-order chi connectivity index (χ1) is 13.2. The van der Waals surface area contributed by atoms with E-state index in [9.17, 15) is 0 Å². The Morgan fingerprint density at radius 3 is 2.33 bits per heavy atom. The zero-order valence-electron chi connectivity index (χ0n) is 14.2. The molecule has 0 N–H and O–H groups in total. The Bertz CT molecular complexity index is 1070. The maximum absolute atomic E-state index is 6.31. The molecule has 3 nitrogen and oxygen atoms in total. The van der Waals surface area contributed by atoms with Gasteiger partial charge in [-0.25, -0.2) is 0 Å². The van der Waals surface area contributed by atoms with Gasteiger partial charge in [-0.1, -0.05) is 93.9 Å². The van der Waals surface area contributed by atoms with Crippen LogP contribution in [0.5, 0.6) is 0 Å². The molecule has 4 rings (SSSR count). The number of nitrogens with zero attached hydrogens (tertiary/aromatic N) is 3. The lowest BCUT2D eigenvalue weighted by atomic mass is 10.2. The molecule has 1 aromatic heterocycles. The van der Waals surface area contributed by atoms with Gasteiger partial charge in [0.05, 0.1) is 0 Å². The second-order valence-corrected chi connectivity index (χ2v) is 8.04. The van der Waals surface area contributed by atoms with Gasteiger partial charge in [0.2, 0.25) is 0 Å². The Balaban J connectivity index is 1.76. The third-order valence-corrected chi connectivity index (χ3v) is 6.12. The van der Waals surface area contributed by atoms with E-state index in [1.165, 1.54) is 0 Å². The molecule has 134 valence electrons. The van der Waals surface area contributed by atoms with Crippen molar-refractivity contribution in [2.45, 2.75) is 10.9 Å². The van der Waals surface area contributed by atoms with E-state index in [-0.39, 0.29) is 0 Å². The van der Waals surface area contributed by atoms with E-state index >= 15 is 0 Å². The van der Waals surface area contributed by atoms with Gasteiger partial charge in [0.25, 0.3) is 0 Å². The Morgan fingerprint density at radius 2 is 1.56 bits per heavy atom. The minimum absolute atomic E-state index is 0.723. The number of benzene rings is 3. The lowest BCUT2D eigenvalue weighted by molar-refractivity contribution is 0.886. The summed E-state index contributed by atoms with van der Waals surface area (Å²) in [6.45, 7) is 0. The lowest BCUT2D eigenvalue weighted by Crippen LogP contribution is -2.00. The predicted octanol–water partition coefficient (Wildman–Crippen LogP) is 6.64. The monoisotopic (exact) mass is 455 g/mol. The highest BCUT2D eigenvalue weighted by Crippen LogP contribution is 2.33. The largest absolute Gasteiger partial charge is 0.270 e. The molecule has 0 spiro atoms. The molecule has 1 heterocycles. The van der Waals surface area contributed by atoms with Crippen LogP contribution >= 0.6 is 39.3 Å². The van der Waals surface area contributed by atoms with E-state index in [1.54, 1.807) is 11.8 Å². The highest BCUT2D eigenvalue weighted by atomic mass is 79.9. The van der Waals surface area contributed by atoms with Gasteiger partial charge in [-0.2, -0.15) is 0 Å². The van der Waals surface area contributed by atoms with Crippen LogP contribution in [0.2, 0.25) is 5.02 Å². The zero-order chi connectivity index (χ0) is 18.6. The SMILES string of the molecule is Clc1ccccc1CSc1nnc(-c2ccccc2Br)n1-c1ccccc1. The van der Waals surface area contributed by atoms with Gasteiger partial charge >= 0.3 is 0 Å². The molecule has 0 atom stereocenters. The second kappa shape index (κ2) is 8.30. The summed E-state index contributed by atoms with van der Waals surface area (Å²) in [5.41, 5.74) is 3.10. The van der Waals surface area contributed by atoms with E-state index < -0.39 is 0 Å². The zero-order valence-corrected chi connectivity index (χ0v) is 17.4. The smallest absolute Gasteiger partial charge is 0.196 e. The predicted molar refractivity (Wildman–Crippen MR) is 116 cm³/mol. The number of rotatable bonds is 5. The Morgan fingerprint density at radius 1 is 0.852 bits per heavy atom. The third-order valence-electron chi connectivity index (χ3n) is 4.08. The fourth-order valence-corrected chi connectivity index (χ4v) is 4.45. The molecule has 6 heteroatoms. The van der Waals surface area contributed by atoms with Crippen molar-refractivity contribution in [3.8, 4) is 17.1 Å². The van der Waals surface area contributed by atoms with Crippen LogP contribution in [-0.4, -0.2) is 14.8 Å². The number of halogens is 2. The molecule has 0 saturated carbocycles. The first-order valence-corrected chi connectivity index (χ1v) is 10.5. The van der Waals surface area contributed by atoms with Crippen LogP contribution in [0, 0.1) is 0 Å². The summed E-state index contributed by atoms with van der Waals surface area (Å²) in [4.78, 5) is 0. The molecule has 0 saturated heterocycles. The standard InChI is InChI=1S/C21H15BrClN3S/c22-18-12-6-5-11-17(18)20-24-25-21(26(20)16-9-2-1-3-10-16)27-14-15-8-4-7-13-19(15)23/h1-13H,14H2. The van der Waals surface area contributed by atoms with Crippen molar-refractivity contribution in [1.82, 2.24) is 14.8 Å². The molecule has 4 aromatic rings. The van der Waals surface area contributed by atoms with Crippen LogP contribution in [0.4, 0.5) is 0 Å². The van der Waals surface area contributed by atoms with Crippen molar-refractivity contribution >= 4 is 39.3 Å². The third kappa shape index (κ3) is 3.95. The summed E-state index contributed by atoms with van der Waals surface area (Å²) >= 11 is 11.6. The number of hydrogen-bond acceptors (Lipinski definition) is 3. The van der Waals surface area contributed by atoms with Gasteiger partial charge < -0.3 is 0 Å². The number of aromatic nitrogens is 3. The second-order valence-electron chi connectivity index (χ2n) is 5.84. The van der Waals surface area contributed by atoms with E-state index in [4.69, 9.17) is 11.6 Å². The Kier molecular flexibility index (Phi) is 5.62. The van der Waals surface area contributed by atoms with E-state index in [0.717, 1.165) is 43.0 Å². The number of hydrogen-bond donors (Lipinski definition) is 0. The van der Waals surface area contributed by atoms with E-state index in [1.807, 2.05) is 66.7 Å². The molecular formula is C21H15BrClN3S. The van der Waals surface area contributed by atoms with Crippen molar-refractivity contribution < 1.29 is 0 Å². The van der Waals surface area contributed by atoms with Crippen molar-refractivity contribution in [2.75, 3.05) is 0 Å². The van der Waals surface area contributed by atoms with Crippen molar-refractivity contribution in [1.29, 1.82) is 0 Å². The Hall–Kier alpha value is -2.08. The lowest BCUT2D eigenvalue weighted by Gasteiger charge is -2.11. The van der Waals surface area contributed by atoms with Gasteiger partial charge in [-0.05, 0) is 29.8 Å². The average Bonchev–Trinajstić information content (AvgIpc) is 3.12. The molecule has 0 fully saturated rings. The van der Waals surface area contributed by atoms with Crippen LogP contribution in [0.1, 0.15) is 5.56 Å². The molecule has 0 aliphatic rings. The molecule has 0 bridgehead atoms. The summed E-state index contributed by atoms with van der Waals surface area (Å²) < 4.78 is 3.07. The van der Waals surface area contributed by atoms with Gasteiger partial charge in [-0.15, -0.1) is 10.2 Å². The van der Waals surface area contributed by atoms with Crippen molar-refractivity contribution in [3.05, 3.63) is 93.9 Å². The fourth-order valence-electron chi connectivity index (χ4n) is 2.75. The fraction of sp³-hybridized carbons (Fsp3) is 0.0476. The van der Waals surface area contributed by atoms with Crippen LogP contribution in [-0.2, 0) is 5.75 Å². The first-order valence-electron chi connectivity index (χ1n) is 8.36. The maximum Gasteiger partial charge on any atom is 0.196 e. The topological polar surface area (TPSA) is 30.7 Å². The van der Waals surface area contributed by atoms with Crippen LogP contribution in [0.3, 0.4) is 0 Å². The summed E-state index contributed by atoms with van der Waals surface area (Å²) in [6.07, 6.45) is 0. The minimum Gasteiger partial charge on any atom is -0.270 e. The minimum atomic E-state index is 0.723. The first kappa shape index (κ1) is 18.3. The summed E-state index contributed by atoms with van der Waals surface area (Å²) in [5.74, 6) is 1.52. The number of para-hydroxylation sites is 1. The van der Waals surface area contributed by atoms with Crippen molar-refractivity contribution in [2.24, 2.45) is 0 Å². The van der Waals surface area contributed by atoms with Crippen LogP contribution in [0.25, 0.3) is 17.1 Å². The molecule has 0 aliphatic heterocycles. The molecule has 0 radical (unpaired) electrons. The normalized spacial score (nSPS) is 10.9. The maximum atomic E-state index is 6.31. The Labute approximate surface area is 175 Å². The summed E-state index contributed by atoms with van der Waals surface area (Å²) in [6, 6.07) is 26.1. The quantitative estimate of drug-likeness (QED) is 0.315. The van der Waals surface area contributed by atoms with Gasteiger partial charge in [-0.3, -0.25) is 4.57 Å². The summed E-state index contributed by atoms with van der Waals surface area (Å²) in [7, 11) is 0. The molecule has 0 aliphatic carbocycles. The number of thioether (sulfide) groups is 1. The molecule has 0 amide bonds. The van der Waals surface area contributed by atoms with Gasteiger partial charge in [0.1, 0.15) is 0 Å². The molecular weight excluding hydrogens is 442 g/mol. The van der Waals surface area contributed by atoms with Gasteiger partial charge in [0.15, 0.2) is 11.0 Å². The highest BCUT2D eigenvalue weighted by molar-refractivity contribution is 9.10. The highest BCUT2D eigenvalue weighted by Gasteiger charge is 2.18. The van der Waals surface area contributed by atoms with E-state index in [0.29, 0.717) is 0 Å².